The summed E-state index contributed by atoms with van der Waals surface area (Å²) in [4.78, 5) is 13.8. The van der Waals surface area contributed by atoms with Crippen LogP contribution in [0.4, 0.5) is 0 Å². The number of phenolic OH excluding ortho intramolecular Hbond substituents is 1. The first-order valence-electron chi connectivity index (χ1n) is 5.04. The molecule has 0 unspecified atom stereocenters. The second-order valence-electron chi connectivity index (χ2n) is 4.87. The summed E-state index contributed by atoms with van der Waals surface area (Å²) in [5.74, 6) is 0.223. The summed E-state index contributed by atoms with van der Waals surface area (Å²) in [7, 11) is 0. The number of carbonyl (C=O) groups excluding carboxylic acids is 1. The highest BCUT2D eigenvalue weighted by Crippen LogP contribution is 2.33. The lowest BCUT2D eigenvalue weighted by Gasteiger charge is -2.31. The molecule has 0 aromatic heterocycles. The van der Waals surface area contributed by atoms with Crippen molar-refractivity contribution in [2.45, 2.75) is 32.9 Å². The molecule has 0 aliphatic carbocycles. The van der Waals surface area contributed by atoms with E-state index in [2.05, 4.69) is 0 Å². The molecule has 80 valence electrons. The molecule has 0 fully saturated rings. The lowest BCUT2D eigenvalue weighted by molar-refractivity contribution is 0.0609. The van der Waals surface area contributed by atoms with E-state index < -0.39 is 0 Å². The summed E-state index contributed by atoms with van der Waals surface area (Å²) in [6.07, 6.45) is 0. The van der Waals surface area contributed by atoms with E-state index in [9.17, 15) is 9.90 Å². The van der Waals surface area contributed by atoms with Crippen molar-refractivity contribution in [2.24, 2.45) is 0 Å². The molecule has 1 aromatic carbocycles. The predicted octanol–water partition coefficient (Wildman–Crippen LogP) is 2.15. The molecule has 1 N–H and O–H groups in total. The Morgan fingerprint density at radius 3 is 2.53 bits per heavy atom. The van der Waals surface area contributed by atoms with Gasteiger partial charge in [0.15, 0.2) is 0 Å². The molecule has 15 heavy (non-hydrogen) atoms. The average Bonchev–Trinajstić information content (AvgIpc) is 2.45. The van der Waals surface area contributed by atoms with Gasteiger partial charge in [-0.2, -0.15) is 0 Å². The van der Waals surface area contributed by atoms with Gasteiger partial charge in [-0.15, -0.1) is 0 Å². The number of aromatic hydroxyl groups is 1. The fraction of sp³-hybridized carbons (Fsp3) is 0.417. The second-order valence-corrected chi connectivity index (χ2v) is 4.87. The highest BCUT2D eigenvalue weighted by atomic mass is 16.3. The topological polar surface area (TPSA) is 40.5 Å². The largest absolute Gasteiger partial charge is 0.508 e. The third-order valence-corrected chi connectivity index (χ3v) is 2.75. The summed E-state index contributed by atoms with van der Waals surface area (Å²) in [5, 5.41) is 9.65. The van der Waals surface area contributed by atoms with Crippen LogP contribution in [0.15, 0.2) is 18.2 Å². The Bertz CT molecular complexity index is 418. The van der Waals surface area contributed by atoms with Gasteiger partial charge in [0.25, 0.3) is 5.91 Å². The Morgan fingerprint density at radius 2 is 2.00 bits per heavy atom. The number of amides is 1. The fourth-order valence-electron chi connectivity index (χ4n) is 1.86. The Balaban J connectivity index is 2.46. The van der Waals surface area contributed by atoms with Crippen molar-refractivity contribution in [3.8, 4) is 5.75 Å². The van der Waals surface area contributed by atoms with Crippen molar-refractivity contribution in [1.82, 2.24) is 4.90 Å². The smallest absolute Gasteiger partial charge is 0.255 e. The van der Waals surface area contributed by atoms with Crippen LogP contribution in [-0.4, -0.2) is 21.5 Å². The van der Waals surface area contributed by atoms with Crippen LogP contribution < -0.4 is 0 Å². The summed E-state index contributed by atoms with van der Waals surface area (Å²) >= 11 is 0. The Labute approximate surface area is 89.3 Å². The molecule has 3 heteroatoms. The minimum Gasteiger partial charge on any atom is -0.508 e. The standard InChI is InChI=1S/C12H15NO2/c1-12(2,3)13-7-9-8(11(13)15)5-4-6-10(9)14/h4-6,14H,7H2,1-3H3. The van der Waals surface area contributed by atoms with Crippen LogP contribution in [-0.2, 0) is 6.54 Å². The molecule has 3 nitrogen and oxygen atoms in total. The van der Waals surface area contributed by atoms with Crippen molar-refractivity contribution in [2.75, 3.05) is 0 Å². The summed E-state index contributed by atoms with van der Waals surface area (Å²) in [5.41, 5.74) is 1.17. The minimum absolute atomic E-state index is 0.00778. The van der Waals surface area contributed by atoms with E-state index in [4.69, 9.17) is 0 Å². The first-order valence-corrected chi connectivity index (χ1v) is 5.04. The molecule has 1 amide bonds. The zero-order chi connectivity index (χ0) is 11.2. The van der Waals surface area contributed by atoms with E-state index in [1.54, 1.807) is 23.1 Å². The maximum atomic E-state index is 12.0. The number of nitrogens with zero attached hydrogens (tertiary/aromatic N) is 1. The number of rotatable bonds is 0. The van der Waals surface area contributed by atoms with Gasteiger partial charge in [0.1, 0.15) is 5.75 Å². The van der Waals surface area contributed by atoms with Gasteiger partial charge in [-0.05, 0) is 32.9 Å². The van der Waals surface area contributed by atoms with Crippen LogP contribution in [0, 0.1) is 0 Å². The van der Waals surface area contributed by atoms with Crippen LogP contribution in [0.5, 0.6) is 5.75 Å². The van der Waals surface area contributed by atoms with Gasteiger partial charge in [0.05, 0.1) is 6.54 Å². The van der Waals surface area contributed by atoms with Gasteiger partial charge in [0.2, 0.25) is 0 Å². The first kappa shape index (κ1) is 10.0. The third-order valence-electron chi connectivity index (χ3n) is 2.75. The van der Waals surface area contributed by atoms with Gasteiger partial charge in [-0.25, -0.2) is 0 Å². The number of carbonyl (C=O) groups is 1. The molecule has 1 aliphatic heterocycles. The first-order chi connectivity index (χ1) is 6.91. The Hall–Kier alpha value is -1.51. The highest BCUT2D eigenvalue weighted by molar-refractivity contribution is 5.99. The third kappa shape index (κ3) is 1.48. The molecule has 0 bridgehead atoms. The molecular formula is C12H15NO2. The van der Waals surface area contributed by atoms with E-state index in [1.807, 2.05) is 20.8 Å². The maximum absolute atomic E-state index is 12.0. The van der Waals surface area contributed by atoms with E-state index in [1.165, 1.54) is 0 Å². The minimum atomic E-state index is -0.206. The van der Waals surface area contributed by atoms with Crippen LogP contribution in [0.2, 0.25) is 0 Å². The molecule has 0 atom stereocenters. The lowest BCUT2D eigenvalue weighted by atomic mass is 10.1. The number of phenols is 1. The summed E-state index contributed by atoms with van der Waals surface area (Å²) < 4.78 is 0. The van der Waals surface area contributed by atoms with Crippen molar-refractivity contribution in [3.63, 3.8) is 0 Å². The van der Waals surface area contributed by atoms with Crippen molar-refractivity contribution in [1.29, 1.82) is 0 Å². The Kier molecular flexibility index (Phi) is 2.00. The fourth-order valence-corrected chi connectivity index (χ4v) is 1.86. The van der Waals surface area contributed by atoms with Crippen LogP contribution in [0.3, 0.4) is 0 Å². The molecule has 0 spiro atoms. The van der Waals surface area contributed by atoms with E-state index in [-0.39, 0.29) is 17.2 Å². The second kappa shape index (κ2) is 2.99. The molecule has 0 saturated heterocycles. The summed E-state index contributed by atoms with van der Waals surface area (Å²) in [6.45, 7) is 6.49. The van der Waals surface area contributed by atoms with Crippen LogP contribution >= 0.6 is 0 Å². The van der Waals surface area contributed by atoms with Crippen LogP contribution in [0.1, 0.15) is 36.7 Å². The van der Waals surface area contributed by atoms with Gasteiger partial charge in [-0.3, -0.25) is 4.79 Å². The molecular weight excluding hydrogens is 190 g/mol. The summed E-state index contributed by atoms with van der Waals surface area (Å²) in [6, 6.07) is 5.10. The van der Waals surface area contributed by atoms with Crippen molar-refractivity contribution < 1.29 is 9.90 Å². The molecule has 2 rings (SSSR count). The number of benzene rings is 1. The van der Waals surface area contributed by atoms with Gasteiger partial charge in [-0.1, -0.05) is 6.07 Å². The predicted molar refractivity (Wildman–Crippen MR) is 57.7 cm³/mol. The highest BCUT2D eigenvalue weighted by Gasteiger charge is 2.35. The zero-order valence-corrected chi connectivity index (χ0v) is 9.24. The van der Waals surface area contributed by atoms with E-state index in [0.717, 1.165) is 5.56 Å². The maximum Gasteiger partial charge on any atom is 0.255 e. The van der Waals surface area contributed by atoms with E-state index >= 15 is 0 Å². The normalized spacial score (nSPS) is 15.7. The van der Waals surface area contributed by atoms with Crippen LogP contribution in [0.25, 0.3) is 0 Å². The molecule has 0 radical (unpaired) electrons. The molecule has 1 aromatic rings. The van der Waals surface area contributed by atoms with Crippen molar-refractivity contribution >= 4 is 5.91 Å². The monoisotopic (exact) mass is 205 g/mol. The van der Waals surface area contributed by atoms with Crippen molar-refractivity contribution in [3.05, 3.63) is 29.3 Å². The number of fused-ring (bicyclic) bond motifs is 1. The zero-order valence-electron chi connectivity index (χ0n) is 9.24. The average molecular weight is 205 g/mol. The van der Waals surface area contributed by atoms with Gasteiger partial charge >= 0.3 is 0 Å². The van der Waals surface area contributed by atoms with Gasteiger partial charge in [0, 0.05) is 16.7 Å². The molecule has 1 heterocycles. The van der Waals surface area contributed by atoms with Gasteiger partial charge < -0.3 is 10.0 Å². The van der Waals surface area contributed by atoms with E-state index in [0.29, 0.717) is 12.1 Å². The number of hydrogen-bond acceptors (Lipinski definition) is 2. The lowest BCUT2D eigenvalue weighted by Crippen LogP contribution is -2.41. The Morgan fingerprint density at radius 1 is 1.33 bits per heavy atom. The number of hydrogen-bond donors (Lipinski definition) is 1. The quantitative estimate of drug-likeness (QED) is 0.705. The molecule has 1 aliphatic rings. The SMILES string of the molecule is CC(C)(C)N1Cc2c(O)cccc2C1=O. The molecule has 0 saturated carbocycles.